The van der Waals surface area contributed by atoms with Crippen LogP contribution in [0.2, 0.25) is 5.02 Å². The van der Waals surface area contributed by atoms with Gasteiger partial charge in [0.1, 0.15) is 18.9 Å². The van der Waals surface area contributed by atoms with Crippen LogP contribution in [0.1, 0.15) is 121 Å². The quantitative estimate of drug-likeness (QED) is 0.0972. The van der Waals surface area contributed by atoms with Crippen LogP contribution in [0.25, 0.3) is 0 Å². The van der Waals surface area contributed by atoms with Gasteiger partial charge in [0.15, 0.2) is 0 Å². The van der Waals surface area contributed by atoms with Crippen molar-refractivity contribution in [2.24, 2.45) is 0 Å². The van der Waals surface area contributed by atoms with Crippen molar-refractivity contribution < 1.29 is 21.6 Å². The van der Waals surface area contributed by atoms with Crippen LogP contribution in [-0.2, 0) is 6.42 Å². The van der Waals surface area contributed by atoms with Crippen LogP contribution in [0.15, 0.2) is 48.5 Å². The van der Waals surface area contributed by atoms with E-state index in [1.165, 1.54) is 115 Å². The molecule has 0 atom stereocenters. The first kappa shape index (κ1) is 35.8. The van der Waals surface area contributed by atoms with Gasteiger partial charge in [0.2, 0.25) is 0 Å². The van der Waals surface area contributed by atoms with E-state index in [1.807, 2.05) is 18.2 Å². The first-order chi connectivity index (χ1) is 18.5. The van der Waals surface area contributed by atoms with Crippen LogP contribution in [-0.4, -0.2) is 38.3 Å². The normalized spacial score (nSPS) is 11.4. The molecule has 0 aliphatic carbocycles. The largest absolute Gasteiger partial charge is 1.00 e. The SMILES string of the molecule is CCCCCCCCCCCCCCCCCC[N+](C)(C)CCOc1ccc(Cl)cc1Cc1ccccc1.[Cl-]. The topological polar surface area (TPSA) is 9.23 Å². The Labute approximate surface area is 252 Å². The Hall–Kier alpha value is -1.22. The fraction of sp³-hybridized carbons (Fsp3) is 0.657. The summed E-state index contributed by atoms with van der Waals surface area (Å²) in [6, 6.07) is 16.5. The maximum Gasteiger partial charge on any atom is 0.137 e. The van der Waals surface area contributed by atoms with Crippen LogP contribution in [0.4, 0.5) is 0 Å². The Morgan fingerprint density at radius 3 is 1.69 bits per heavy atom. The lowest BCUT2D eigenvalue weighted by Crippen LogP contribution is -3.00. The van der Waals surface area contributed by atoms with Crippen LogP contribution in [0, 0.1) is 0 Å². The smallest absolute Gasteiger partial charge is 0.137 e. The van der Waals surface area contributed by atoms with Crippen LogP contribution in [0.3, 0.4) is 0 Å². The molecule has 39 heavy (non-hydrogen) atoms. The molecule has 2 rings (SSSR count). The van der Waals surface area contributed by atoms with Crippen molar-refractivity contribution in [3.05, 3.63) is 64.7 Å². The van der Waals surface area contributed by atoms with Gasteiger partial charge in [-0.1, -0.05) is 139 Å². The summed E-state index contributed by atoms with van der Waals surface area (Å²) < 4.78 is 7.27. The van der Waals surface area contributed by atoms with E-state index in [2.05, 4.69) is 51.4 Å². The molecule has 0 radical (unpaired) electrons. The lowest BCUT2D eigenvalue weighted by atomic mass is 10.0. The maximum absolute atomic E-state index is 6.29. The number of halogens is 2. The Balaban J connectivity index is 0.00000760. The van der Waals surface area contributed by atoms with Crippen molar-refractivity contribution in [1.82, 2.24) is 0 Å². The van der Waals surface area contributed by atoms with Crippen LogP contribution in [0.5, 0.6) is 5.75 Å². The molecule has 0 bridgehead atoms. The molecule has 2 nitrogen and oxygen atoms in total. The molecule has 0 amide bonds. The number of benzene rings is 2. The van der Waals surface area contributed by atoms with Gasteiger partial charge in [-0.15, -0.1) is 0 Å². The molecule has 0 unspecified atom stereocenters. The van der Waals surface area contributed by atoms with Gasteiger partial charge in [-0.2, -0.15) is 0 Å². The van der Waals surface area contributed by atoms with Gasteiger partial charge in [0.05, 0.1) is 20.6 Å². The van der Waals surface area contributed by atoms with E-state index < -0.39 is 0 Å². The molecule has 2 aromatic rings. The Morgan fingerprint density at radius 1 is 0.641 bits per heavy atom. The predicted octanol–water partition coefficient (Wildman–Crippen LogP) is 7.65. The second-order valence-electron chi connectivity index (χ2n) is 11.9. The third-order valence-corrected chi connectivity index (χ3v) is 8.07. The number of quaternary nitrogens is 1. The number of hydrogen-bond donors (Lipinski definition) is 0. The van der Waals surface area contributed by atoms with Gasteiger partial charge in [-0.3, -0.25) is 0 Å². The van der Waals surface area contributed by atoms with Gasteiger partial charge in [-0.05, 0) is 42.2 Å². The molecule has 0 N–H and O–H groups in total. The van der Waals surface area contributed by atoms with Crippen molar-refractivity contribution in [3.63, 3.8) is 0 Å². The molecule has 0 spiro atoms. The highest BCUT2D eigenvalue weighted by Crippen LogP contribution is 2.26. The second-order valence-corrected chi connectivity index (χ2v) is 12.4. The molecule has 222 valence electrons. The van der Waals surface area contributed by atoms with E-state index in [4.69, 9.17) is 16.3 Å². The summed E-state index contributed by atoms with van der Waals surface area (Å²) in [4.78, 5) is 0. The minimum absolute atomic E-state index is 0. The number of rotatable bonds is 23. The van der Waals surface area contributed by atoms with E-state index >= 15 is 0 Å². The van der Waals surface area contributed by atoms with E-state index in [9.17, 15) is 0 Å². The van der Waals surface area contributed by atoms with Gasteiger partial charge < -0.3 is 21.6 Å². The van der Waals surface area contributed by atoms with Gasteiger partial charge >= 0.3 is 0 Å². The van der Waals surface area contributed by atoms with E-state index in [0.717, 1.165) is 40.4 Å². The molecular weight excluding hydrogens is 521 g/mol. The first-order valence-electron chi connectivity index (χ1n) is 15.8. The summed E-state index contributed by atoms with van der Waals surface area (Å²) in [5.41, 5.74) is 2.44. The Bertz CT molecular complexity index is 840. The molecule has 0 aliphatic heterocycles. The fourth-order valence-corrected chi connectivity index (χ4v) is 5.44. The average Bonchev–Trinajstić information content (AvgIpc) is 2.90. The summed E-state index contributed by atoms with van der Waals surface area (Å²) >= 11 is 6.29. The molecular formula is C35H57Cl2NO. The third-order valence-electron chi connectivity index (χ3n) is 7.83. The number of unbranched alkanes of at least 4 members (excludes halogenated alkanes) is 15. The van der Waals surface area contributed by atoms with Crippen molar-refractivity contribution in [2.75, 3.05) is 33.8 Å². The fourth-order valence-electron chi connectivity index (χ4n) is 5.25. The minimum atomic E-state index is 0. The summed E-state index contributed by atoms with van der Waals surface area (Å²) in [6.45, 7) is 5.27. The third kappa shape index (κ3) is 18.0. The highest BCUT2D eigenvalue weighted by atomic mass is 35.5. The predicted molar refractivity (Wildman–Crippen MR) is 168 cm³/mol. The molecule has 0 aromatic heterocycles. The zero-order chi connectivity index (χ0) is 27.3. The molecule has 0 saturated carbocycles. The van der Waals surface area contributed by atoms with E-state index in [1.54, 1.807) is 0 Å². The summed E-state index contributed by atoms with van der Waals surface area (Å²) in [6.07, 6.45) is 23.6. The molecule has 0 heterocycles. The van der Waals surface area contributed by atoms with Crippen molar-refractivity contribution >= 4 is 11.6 Å². The molecule has 0 aliphatic rings. The van der Waals surface area contributed by atoms with Gasteiger partial charge in [0, 0.05) is 11.4 Å². The monoisotopic (exact) mass is 577 g/mol. The van der Waals surface area contributed by atoms with Crippen molar-refractivity contribution in [3.8, 4) is 5.75 Å². The Morgan fingerprint density at radius 2 is 1.15 bits per heavy atom. The molecule has 2 aromatic carbocycles. The summed E-state index contributed by atoms with van der Waals surface area (Å²) in [7, 11) is 4.67. The van der Waals surface area contributed by atoms with E-state index in [0.29, 0.717) is 0 Å². The number of nitrogens with zero attached hydrogens (tertiary/aromatic N) is 1. The lowest BCUT2D eigenvalue weighted by molar-refractivity contribution is -0.890. The van der Waals surface area contributed by atoms with Crippen molar-refractivity contribution in [1.29, 1.82) is 0 Å². The highest BCUT2D eigenvalue weighted by Gasteiger charge is 2.15. The number of hydrogen-bond acceptors (Lipinski definition) is 1. The zero-order valence-corrected chi connectivity index (χ0v) is 26.9. The van der Waals surface area contributed by atoms with Gasteiger partial charge in [-0.25, -0.2) is 0 Å². The summed E-state index contributed by atoms with van der Waals surface area (Å²) in [5, 5.41) is 0.767. The average molecular weight is 579 g/mol. The molecule has 0 fully saturated rings. The summed E-state index contributed by atoms with van der Waals surface area (Å²) in [5.74, 6) is 0.959. The number of likely N-dealkylation sites (N-methyl/N-ethyl adjacent to an activating group) is 1. The lowest BCUT2D eigenvalue weighted by Gasteiger charge is -2.30. The maximum atomic E-state index is 6.29. The first-order valence-corrected chi connectivity index (χ1v) is 16.1. The van der Waals surface area contributed by atoms with E-state index in [-0.39, 0.29) is 12.4 Å². The molecule has 4 heteroatoms. The number of ether oxygens (including phenoxy) is 1. The van der Waals surface area contributed by atoms with Gasteiger partial charge in [0.25, 0.3) is 0 Å². The second kappa shape index (κ2) is 22.5. The highest BCUT2D eigenvalue weighted by molar-refractivity contribution is 6.30. The van der Waals surface area contributed by atoms with Crippen LogP contribution < -0.4 is 17.1 Å². The zero-order valence-electron chi connectivity index (χ0n) is 25.4. The van der Waals surface area contributed by atoms with Crippen LogP contribution >= 0.6 is 11.6 Å². The standard InChI is InChI=1S/C35H57ClNO.ClH/c1-4-5-6-7-8-9-10-11-12-13-14-15-16-17-18-22-27-37(2,3)28-29-38-35-26-25-34(36)31-33(35)30-32-23-20-19-21-24-32;/h19-21,23-26,31H,4-18,22,27-30H2,1-3H3;1H/q+1;/p-1. The van der Waals surface area contributed by atoms with Crippen molar-refractivity contribution in [2.45, 2.75) is 116 Å². The molecule has 0 saturated heterocycles. The minimum Gasteiger partial charge on any atom is -1.00 e. The Kier molecular flexibility index (Phi) is 20.6.